The summed E-state index contributed by atoms with van der Waals surface area (Å²) in [5.41, 5.74) is 2.68. The lowest BCUT2D eigenvalue weighted by molar-refractivity contribution is -0.116. The molecule has 0 fully saturated rings. The Hall–Kier alpha value is -3.15. The predicted molar refractivity (Wildman–Crippen MR) is 101 cm³/mol. The van der Waals surface area contributed by atoms with E-state index in [1.54, 1.807) is 23.0 Å². The summed E-state index contributed by atoms with van der Waals surface area (Å²) in [6.07, 6.45) is 3.08. The van der Waals surface area contributed by atoms with Crippen LogP contribution in [0.3, 0.4) is 0 Å². The Labute approximate surface area is 156 Å². The van der Waals surface area contributed by atoms with Crippen LogP contribution in [0.4, 0.5) is 10.2 Å². The van der Waals surface area contributed by atoms with Gasteiger partial charge in [0, 0.05) is 17.9 Å². The molecule has 1 N–H and O–H groups in total. The number of hydrogen-bond acceptors (Lipinski definition) is 3. The van der Waals surface area contributed by atoms with Crippen LogP contribution >= 0.6 is 0 Å². The van der Waals surface area contributed by atoms with E-state index in [4.69, 9.17) is 4.74 Å². The quantitative estimate of drug-likeness (QED) is 0.734. The van der Waals surface area contributed by atoms with Gasteiger partial charge in [0.25, 0.3) is 0 Å². The van der Waals surface area contributed by atoms with E-state index in [1.165, 1.54) is 12.1 Å². The number of anilines is 1. The zero-order chi connectivity index (χ0) is 18.8. The second-order valence-electron chi connectivity index (χ2n) is 6.56. The molecule has 5 nitrogen and oxygen atoms in total. The lowest BCUT2D eigenvalue weighted by Crippen LogP contribution is -2.24. The summed E-state index contributed by atoms with van der Waals surface area (Å²) >= 11 is 0. The summed E-state index contributed by atoms with van der Waals surface area (Å²) in [6, 6.07) is 13.9. The highest BCUT2D eigenvalue weighted by Crippen LogP contribution is 2.38. The molecule has 0 bridgehead atoms. The van der Waals surface area contributed by atoms with Gasteiger partial charge in [0.15, 0.2) is 0 Å². The Kier molecular flexibility index (Phi) is 4.62. The number of nitrogens with zero attached hydrogens (tertiary/aromatic N) is 2. The van der Waals surface area contributed by atoms with Crippen LogP contribution in [0.1, 0.15) is 36.8 Å². The van der Waals surface area contributed by atoms with Gasteiger partial charge in [-0.25, -0.2) is 9.07 Å². The average molecular weight is 365 g/mol. The largest absolute Gasteiger partial charge is 0.494 e. The van der Waals surface area contributed by atoms with Crippen LogP contribution in [-0.4, -0.2) is 22.3 Å². The number of fused-ring (bicyclic) bond motifs is 1. The summed E-state index contributed by atoms with van der Waals surface area (Å²) in [5, 5.41) is 7.32. The van der Waals surface area contributed by atoms with Crippen LogP contribution in [-0.2, 0) is 4.79 Å². The van der Waals surface area contributed by atoms with Crippen LogP contribution in [0.25, 0.3) is 5.69 Å². The van der Waals surface area contributed by atoms with Crippen molar-refractivity contribution in [2.24, 2.45) is 0 Å². The van der Waals surface area contributed by atoms with Crippen LogP contribution in [0, 0.1) is 5.82 Å². The number of amides is 1. The molecule has 4 rings (SSSR count). The fourth-order valence-corrected chi connectivity index (χ4v) is 3.31. The molecule has 27 heavy (non-hydrogen) atoms. The number of carbonyl (C=O) groups excluding carboxylic acids is 1. The molecule has 0 saturated carbocycles. The maximum atomic E-state index is 13.2. The van der Waals surface area contributed by atoms with Gasteiger partial charge in [0.1, 0.15) is 17.4 Å². The van der Waals surface area contributed by atoms with Gasteiger partial charge in [-0.1, -0.05) is 19.1 Å². The van der Waals surface area contributed by atoms with Crippen molar-refractivity contribution in [3.05, 3.63) is 71.7 Å². The molecular weight excluding hydrogens is 345 g/mol. The number of hydrogen-bond donors (Lipinski definition) is 1. The first-order valence-electron chi connectivity index (χ1n) is 9.02. The van der Waals surface area contributed by atoms with Gasteiger partial charge in [0.2, 0.25) is 5.91 Å². The number of benzene rings is 2. The Morgan fingerprint density at radius 1 is 1.19 bits per heavy atom. The van der Waals surface area contributed by atoms with Crippen molar-refractivity contribution in [2.45, 2.75) is 25.7 Å². The van der Waals surface area contributed by atoms with Crippen molar-refractivity contribution >= 4 is 11.7 Å². The molecule has 0 spiro atoms. The monoisotopic (exact) mass is 365 g/mol. The molecule has 2 heterocycles. The molecule has 0 aliphatic carbocycles. The van der Waals surface area contributed by atoms with E-state index in [2.05, 4.69) is 17.3 Å². The molecule has 1 aliphatic rings. The fraction of sp³-hybridized carbons (Fsp3) is 0.238. The highest BCUT2D eigenvalue weighted by molar-refractivity contribution is 5.94. The van der Waals surface area contributed by atoms with E-state index in [9.17, 15) is 9.18 Å². The second-order valence-corrected chi connectivity index (χ2v) is 6.56. The van der Waals surface area contributed by atoms with Crippen LogP contribution in [0.2, 0.25) is 0 Å². The maximum Gasteiger partial charge on any atom is 0.226 e. The van der Waals surface area contributed by atoms with E-state index in [1.807, 2.05) is 24.3 Å². The molecule has 138 valence electrons. The van der Waals surface area contributed by atoms with E-state index < -0.39 is 0 Å². The number of nitrogens with one attached hydrogen (secondary N) is 1. The Morgan fingerprint density at radius 3 is 2.63 bits per heavy atom. The highest BCUT2D eigenvalue weighted by Gasteiger charge is 2.30. The van der Waals surface area contributed by atoms with Crippen LogP contribution < -0.4 is 10.1 Å². The number of carbonyl (C=O) groups is 1. The third kappa shape index (κ3) is 3.43. The first kappa shape index (κ1) is 17.3. The van der Waals surface area contributed by atoms with E-state index in [0.29, 0.717) is 24.5 Å². The zero-order valence-electron chi connectivity index (χ0n) is 15.0. The van der Waals surface area contributed by atoms with E-state index in [-0.39, 0.29) is 17.6 Å². The van der Waals surface area contributed by atoms with E-state index >= 15 is 0 Å². The van der Waals surface area contributed by atoms with Crippen molar-refractivity contribution in [2.75, 3.05) is 11.9 Å². The SMILES string of the molecule is CCCOc1ccc([C@@H]2CC(=O)Nc3c2cnn3-c2ccc(F)cc2)cc1. The summed E-state index contributed by atoms with van der Waals surface area (Å²) in [4.78, 5) is 12.3. The van der Waals surface area contributed by atoms with Gasteiger partial charge in [-0.15, -0.1) is 0 Å². The zero-order valence-corrected chi connectivity index (χ0v) is 15.0. The summed E-state index contributed by atoms with van der Waals surface area (Å²) in [7, 11) is 0. The molecular formula is C21H20FN3O2. The number of rotatable bonds is 5. The summed E-state index contributed by atoms with van der Waals surface area (Å²) in [6.45, 7) is 2.75. The minimum absolute atomic E-state index is 0.0670. The molecule has 1 aromatic heterocycles. The van der Waals surface area contributed by atoms with E-state index in [0.717, 1.165) is 23.3 Å². The normalized spacial score (nSPS) is 15.9. The van der Waals surface area contributed by atoms with Crippen LogP contribution in [0.5, 0.6) is 5.75 Å². The molecule has 2 aromatic carbocycles. The minimum atomic E-state index is -0.313. The third-order valence-corrected chi connectivity index (χ3v) is 4.65. The molecule has 1 atom stereocenters. The van der Waals surface area contributed by atoms with Gasteiger partial charge in [-0.05, 0) is 48.4 Å². The van der Waals surface area contributed by atoms with Crippen molar-refractivity contribution in [3.63, 3.8) is 0 Å². The molecule has 0 unspecified atom stereocenters. The first-order valence-corrected chi connectivity index (χ1v) is 9.02. The van der Waals surface area contributed by atoms with Crippen molar-refractivity contribution in [1.29, 1.82) is 0 Å². The van der Waals surface area contributed by atoms with Crippen molar-refractivity contribution in [3.8, 4) is 11.4 Å². The fourth-order valence-electron chi connectivity index (χ4n) is 3.31. The first-order chi connectivity index (χ1) is 13.2. The van der Waals surface area contributed by atoms with Crippen LogP contribution in [0.15, 0.2) is 54.7 Å². The van der Waals surface area contributed by atoms with Gasteiger partial charge in [0.05, 0.1) is 18.5 Å². The van der Waals surface area contributed by atoms with Gasteiger partial charge < -0.3 is 10.1 Å². The van der Waals surface area contributed by atoms with Gasteiger partial charge in [-0.2, -0.15) is 5.10 Å². The summed E-state index contributed by atoms with van der Waals surface area (Å²) < 4.78 is 20.5. The molecule has 1 amide bonds. The third-order valence-electron chi connectivity index (χ3n) is 4.65. The minimum Gasteiger partial charge on any atom is -0.494 e. The second kappa shape index (κ2) is 7.23. The molecule has 3 aromatic rings. The molecule has 0 radical (unpaired) electrons. The lowest BCUT2D eigenvalue weighted by Gasteiger charge is -2.24. The van der Waals surface area contributed by atoms with Crippen molar-refractivity contribution < 1.29 is 13.9 Å². The highest BCUT2D eigenvalue weighted by atomic mass is 19.1. The summed E-state index contributed by atoms with van der Waals surface area (Å²) in [5.74, 6) is 0.996. The van der Waals surface area contributed by atoms with Gasteiger partial charge >= 0.3 is 0 Å². The predicted octanol–water partition coefficient (Wildman–Crippen LogP) is 4.27. The Bertz CT molecular complexity index is 949. The average Bonchev–Trinajstić information content (AvgIpc) is 3.10. The number of halogens is 1. The number of ether oxygens (including phenoxy) is 1. The Balaban J connectivity index is 1.67. The maximum absolute atomic E-state index is 13.2. The molecule has 6 heteroatoms. The molecule has 0 saturated heterocycles. The lowest BCUT2D eigenvalue weighted by atomic mass is 9.87. The smallest absolute Gasteiger partial charge is 0.226 e. The van der Waals surface area contributed by atoms with Crippen molar-refractivity contribution in [1.82, 2.24) is 9.78 Å². The topological polar surface area (TPSA) is 56.1 Å². The standard InChI is InChI=1S/C21H20FN3O2/c1-2-11-27-17-9-3-14(4-10-17)18-12-20(26)24-21-19(18)13-23-25(21)16-7-5-15(22)6-8-16/h3-10,13,18H,2,11-12H2,1H3,(H,24,26)/t18-/m0/s1. The Morgan fingerprint density at radius 2 is 1.93 bits per heavy atom. The molecule has 1 aliphatic heterocycles. The van der Waals surface area contributed by atoms with Gasteiger partial charge in [-0.3, -0.25) is 4.79 Å². The number of aromatic nitrogens is 2.